The molecule has 1 aromatic rings. The number of carbonyl (C=O) groups excluding carboxylic acids is 2. The third-order valence-corrected chi connectivity index (χ3v) is 5.36. The van der Waals surface area contributed by atoms with Crippen LogP contribution in [0.5, 0.6) is 5.75 Å². The number of aliphatic imine (C=N–C) groups is 1. The molecule has 1 aromatic carbocycles. The van der Waals surface area contributed by atoms with E-state index in [9.17, 15) is 9.59 Å². The summed E-state index contributed by atoms with van der Waals surface area (Å²) in [6, 6.07) is 9.30. The average Bonchev–Trinajstić information content (AvgIpc) is 2.65. The zero-order valence-electron chi connectivity index (χ0n) is 15.4. The number of nitrogens with two attached hydrogens (primary N) is 1. The molecule has 2 heterocycles. The molecule has 2 amide bonds. The van der Waals surface area contributed by atoms with Crippen molar-refractivity contribution < 1.29 is 14.3 Å². The van der Waals surface area contributed by atoms with Crippen LogP contribution in [0.1, 0.15) is 26.2 Å². The summed E-state index contributed by atoms with van der Waals surface area (Å²) in [6.45, 7) is 3.25. The molecule has 3 rings (SSSR count). The Morgan fingerprint density at radius 1 is 1.38 bits per heavy atom. The lowest BCUT2D eigenvalue weighted by atomic mass is 9.77. The second-order valence-electron chi connectivity index (χ2n) is 7.24. The smallest absolute Gasteiger partial charge is 0.260 e. The highest BCUT2D eigenvalue weighted by Gasteiger charge is 2.43. The summed E-state index contributed by atoms with van der Waals surface area (Å²) in [7, 11) is 1.64. The number of piperidine rings is 1. The minimum atomic E-state index is -0.563. The van der Waals surface area contributed by atoms with Crippen molar-refractivity contribution in [2.45, 2.75) is 31.7 Å². The van der Waals surface area contributed by atoms with E-state index in [1.165, 1.54) is 4.90 Å². The van der Waals surface area contributed by atoms with Crippen molar-refractivity contribution in [1.29, 1.82) is 0 Å². The van der Waals surface area contributed by atoms with Crippen molar-refractivity contribution in [2.75, 3.05) is 26.7 Å². The Kier molecular flexibility index (Phi) is 5.15. The van der Waals surface area contributed by atoms with Crippen LogP contribution in [0.2, 0.25) is 0 Å². The standard InChI is InChI=1S/C19H26N4O3/c1-19(11-16(24)22(2)18(20)21-19)14-7-6-10-23(12-14)17(25)13-26-15-8-4-3-5-9-15/h3-5,8-9,14H,6-7,10-13H2,1-2H3,(H2,20,21)/t14?,19-/m0/s1. The lowest BCUT2D eigenvalue weighted by Gasteiger charge is -2.43. The number of nitrogens with zero attached hydrogens (tertiary/aromatic N) is 3. The summed E-state index contributed by atoms with van der Waals surface area (Å²) >= 11 is 0. The number of benzene rings is 1. The summed E-state index contributed by atoms with van der Waals surface area (Å²) in [6.07, 6.45) is 2.13. The first kappa shape index (κ1) is 18.2. The second-order valence-corrected chi connectivity index (χ2v) is 7.24. The molecule has 140 valence electrons. The first-order chi connectivity index (χ1) is 12.4. The molecule has 1 unspecified atom stereocenters. The summed E-state index contributed by atoms with van der Waals surface area (Å²) in [4.78, 5) is 32.5. The lowest BCUT2D eigenvalue weighted by molar-refractivity contribution is -0.136. The highest BCUT2D eigenvalue weighted by Crippen LogP contribution is 2.35. The number of para-hydroxylation sites is 1. The van der Waals surface area contributed by atoms with E-state index in [-0.39, 0.29) is 30.3 Å². The normalized spacial score (nSPS) is 26.5. The Balaban J connectivity index is 1.63. The van der Waals surface area contributed by atoms with E-state index in [0.717, 1.165) is 12.8 Å². The number of amides is 2. The number of likely N-dealkylation sites (tertiary alicyclic amines) is 1. The topological polar surface area (TPSA) is 88.2 Å². The van der Waals surface area contributed by atoms with Gasteiger partial charge < -0.3 is 15.4 Å². The highest BCUT2D eigenvalue weighted by atomic mass is 16.5. The van der Waals surface area contributed by atoms with E-state index in [1.807, 2.05) is 42.2 Å². The van der Waals surface area contributed by atoms with Crippen molar-refractivity contribution in [3.05, 3.63) is 30.3 Å². The molecule has 1 saturated heterocycles. The van der Waals surface area contributed by atoms with Crippen LogP contribution in [-0.2, 0) is 9.59 Å². The summed E-state index contributed by atoms with van der Waals surface area (Å²) in [5.41, 5.74) is 5.35. The zero-order chi connectivity index (χ0) is 18.7. The summed E-state index contributed by atoms with van der Waals surface area (Å²) < 4.78 is 5.58. The molecule has 0 radical (unpaired) electrons. The van der Waals surface area contributed by atoms with E-state index in [0.29, 0.717) is 25.3 Å². The maximum Gasteiger partial charge on any atom is 0.260 e. The fraction of sp³-hybridized carbons (Fsp3) is 0.526. The van der Waals surface area contributed by atoms with E-state index in [1.54, 1.807) is 7.05 Å². The summed E-state index contributed by atoms with van der Waals surface area (Å²) in [5, 5.41) is 0. The van der Waals surface area contributed by atoms with Gasteiger partial charge in [-0.25, -0.2) is 4.99 Å². The fourth-order valence-corrected chi connectivity index (χ4v) is 3.63. The highest BCUT2D eigenvalue weighted by molar-refractivity contribution is 5.98. The van der Waals surface area contributed by atoms with Gasteiger partial charge in [0.2, 0.25) is 5.91 Å². The summed E-state index contributed by atoms with van der Waals surface area (Å²) in [5.74, 6) is 0.960. The van der Waals surface area contributed by atoms with Gasteiger partial charge in [-0.3, -0.25) is 14.5 Å². The van der Waals surface area contributed by atoms with Gasteiger partial charge in [-0.05, 0) is 31.9 Å². The van der Waals surface area contributed by atoms with Crippen LogP contribution in [0.3, 0.4) is 0 Å². The van der Waals surface area contributed by atoms with Gasteiger partial charge in [0, 0.05) is 26.1 Å². The zero-order valence-corrected chi connectivity index (χ0v) is 15.4. The van der Waals surface area contributed by atoms with Gasteiger partial charge >= 0.3 is 0 Å². The third kappa shape index (κ3) is 3.81. The van der Waals surface area contributed by atoms with E-state index in [2.05, 4.69) is 4.99 Å². The van der Waals surface area contributed by atoms with Crippen molar-refractivity contribution >= 4 is 17.8 Å². The quantitative estimate of drug-likeness (QED) is 0.877. The molecular formula is C19H26N4O3. The van der Waals surface area contributed by atoms with Crippen molar-refractivity contribution in [1.82, 2.24) is 9.80 Å². The molecule has 2 aliphatic heterocycles. The molecule has 0 bridgehead atoms. The molecule has 2 N–H and O–H groups in total. The molecule has 0 saturated carbocycles. The van der Waals surface area contributed by atoms with E-state index in [4.69, 9.17) is 10.5 Å². The first-order valence-electron chi connectivity index (χ1n) is 8.96. The molecule has 2 atom stereocenters. The maximum absolute atomic E-state index is 12.6. The molecule has 7 nitrogen and oxygen atoms in total. The number of hydrogen-bond donors (Lipinski definition) is 1. The van der Waals surface area contributed by atoms with Gasteiger partial charge in [0.1, 0.15) is 5.75 Å². The number of ether oxygens (including phenoxy) is 1. The molecule has 0 spiro atoms. The van der Waals surface area contributed by atoms with Crippen LogP contribution >= 0.6 is 0 Å². The molecular weight excluding hydrogens is 332 g/mol. The van der Waals surface area contributed by atoms with Crippen LogP contribution in [0.4, 0.5) is 0 Å². The van der Waals surface area contributed by atoms with Gasteiger partial charge in [0.05, 0.1) is 12.0 Å². The molecule has 2 aliphatic rings. The Morgan fingerprint density at radius 3 is 2.81 bits per heavy atom. The first-order valence-corrected chi connectivity index (χ1v) is 8.96. The second kappa shape index (κ2) is 7.35. The largest absolute Gasteiger partial charge is 0.484 e. The van der Waals surface area contributed by atoms with Crippen LogP contribution in [0.15, 0.2) is 35.3 Å². The van der Waals surface area contributed by atoms with Crippen molar-refractivity contribution in [3.8, 4) is 5.75 Å². The SMILES string of the molecule is CN1C(=O)C[C@@](C)(C2CCCN(C(=O)COc3ccccc3)C2)N=C1N. The molecule has 26 heavy (non-hydrogen) atoms. The van der Waals surface area contributed by atoms with E-state index < -0.39 is 5.54 Å². The van der Waals surface area contributed by atoms with Gasteiger partial charge in [-0.1, -0.05) is 18.2 Å². The Labute approximate surface area is 153 Å². The van der Waals surface area contributed by atoms with Crippen molar-refractivity contribution in [2.24, 2.45) is 16.6 Å². The minimum absolute atomic E-state index is 0.0144. The minimum Gasteiger partial charge on any atom is -0.484 e. The van der Waals surface area contributed by atoms with Gasteiger partial charge in [-0.15, -0.1) is 0 Å². The van der Waals surface area contributed by atoms with Crippen LogP contribution in [0.25, 0.3) is 0 Å². The van der Waals surface area contributed by atoms with Crippen LogP contribution < -0.4 is 10.5 Å². The van der Waals surface area contributed by atoms with Crippen LogP contribution in [0, 0.1) is 5.92 Å². The average molecular weight is 358 g/mol. The molecule has 0 aliphatic carbocycles. The van der Waals surface area contributed by atoms with Gasteiger partial charge in [0.15, 0.2) is 12.6 Å². The number of hydrogen-bond acceptors (Lipinski definition) is 5. The van der Waals surface area contributed by atoms with Gasteiger partial charge in [-0.2, -0.15) is 0 Å². The number of carbonyl (C=O) groups is 2. The monoisotopic (exact) mass is 358 g/mol. The van der Waals surface area contributed by atoms with Crippen LogP contribution in [-0.4, -0.2) is 59.9 Å². The maximum atomic E-state index is 12.6. The fourth-order valence-electron chi connectivity index (χ4n) is 3.63. The predicted octanol–water partition coefficient (Wildman–Crippen LogP) is 1.24. The van der Waals surface area contributed by atoms with Crippen molar-refractivity contribution in [3.63, 3.8) is 0 Å². The molecule has 7 heteroatoms. The lowest BCUT2D eigenvalue weighted by Crippen LogP contribution is -2.55. The number of rotatable bonds is 4. The molecule has 0 aromatic heterocycles. The molecule has 1 fully saturated rings. The van der Waals surface area contributed by atoms with Gasteiger partial charge in [0.25, 0.3) is 5.91 Å². The Morgan fingerprint density at radius 2 is 2.12 bits per heavy atom. The Bertz CT molecular complexity index is 706. The predicted molar refractivity (Wildman–Crippen MR) is 98.7 cm³/mol. The van der Waals surface area contributed by atoms with E-state index >= 15 is 0 Å². The third-order valence-electron chi connectivity index (χ3n) is 5.36. The Hall–Kier alpha value is -2.57. The number of guanidine groups is 1.